The fraction of sp³-hybridized carbons (Fsp3) is 0.467. The summed E-state index contributed by atoms with van der Waals surface area (Å²) >= 11 is 0. The summed E-state index contributed by atoms with van der Waals surface area (Å²) < 4.78 is 10.7. The van der Waals surface area contributed by atoms with Crippen LogP contribution in [0.4, 0.5) is 0 Å². The smallest absolute Gasteiger partial charge is 0.348 e. The molecule has 1 fully saturated rings. The van der Waals surface area contributed by atoms with E-state index in [4.69, 9.17) is 9.47 Å². The third-order valence-corrected chi connectivity index (χ3v) is 3.49. The van der Waals surface area contributed by atoms with E-state index in [1.165, 1.54) is 0 Å². The van der Waals surface area contributed by atoms with Crippen LogP contribution in [0.3, 0.4) is 0 Å². The van der Waals surface area contributed by atoms with Crippen molar-refractivity contribution in [3.63, 3.8) is 0 Å². The van der Waals surface area contributed by atoms with Crippen LogP contribution in [0.25, 0.3) is 0 Å². The topological polar surface area (TPSA) is 84.9 Å². The second kappa shape index (κ2) is 6.58. The molecular formula is C15H19NO5. The molecule has 0 radical (unpaired) electrons. The van der Waals surface area contributed by atoms with E-state index in [2.05, 4.69) is 5.32 Å². The maximum absolute atomic E-state index is 11.9. The summed E-state index contributed by atoms with van der Waals surface area (Å²) in [5.74, 6) is -1.27. The average molecular weight is 293 g/mol. The summed E-state index contributed by atoms with van der Waals surface area (Å²) in [6.45, 7) is 3.09. The minimum Gasteiger partial charge on any atom is -0.478 e. The van der Waals surface area contributed by atoms with Crippen molar-refractivity contribution in [1.29, 1.82) is 0 Å². The Morgan fingerprint density at radius 2 is 1.95 bits per heavy atom. The fourth-order valence-corrected chi connectivity index (χ4v) is 2.33. The van der Waals surface area contributed by atoms with Gasteiger partial charge in [-0.2, -0.15) is 0 Å². The van der Waals surface area contributed by atoms with Gasteiger partial charge in [0.15, 0.2) is 0 Å². The number of rotatable bonds is 5. The lowest BCUT2D eigenvalue weighted by atomic mass is 9.92. The molecule has 0 amide bonds. The Hall–Kier alpha value is -2.08. The summed E-state index contributed by atoms with van der Waals surface area (Å²) in [5.41, 5.74) is -1.05. The highest BCUT2D eigenvalue weighted by Crippen LogP contribution is 2.29. The average Bonchev–Trinajstić information content (AvgIpc) is 2.49. The summed E-state index contributed by atoms with van der Waals surface area (Å²) in [6.07, 6.45) is 0.693. The lowest BCUT2D eigenvalue weighted by Gasteiger charge is -2.34. The molecule has 6 nitrogen and oxygen atoms in total. The van der Waals surface area contributed by atoms with Gasteiger partial charge in [0.1, 0.15) is 11.3 Å². The molecule has 1 heterocycles. The molecular weight excluding hydrogens is 274 g/mol. The number of aliphatic carboxylic acids is 1. The molecule has 1 aromatic carbocycles. The predicted octanol–water partition coefficient (Wildman–Crippen LogP) is 1.45. The Kier molecular flexibility index (Phi) is 4.80. The van der Waals surface area contributed by atoms with Crippen molar-refractivity contribution < 1.29 is 24.2 Å². The van der Waals surface area contributed by atoms with Crippen LogP contribution in [-0.2, 0) is 9.53 Å². The van der Waals surface area contributed by atoms with Crippen LogP contribution in [0.15, 0.2) is 24.3 Å². The molecule has 0 spiro atoms. The molecule has 0 saturated carbocycles. The van der Waals surface area contributed by atoms with Crippen molar-refractivity contribution in [3.05, 3.63) is 29.8 Å². The van der Waals surface area contributed by atoms with E-state index < -0.39 is 17.5 Å². The summed E-state index contributed by atoms with van der Waals surface area (Å²) in [6, 6.07) is 6.56. The Morgan fingerprint density at radius 1 is 1.29 bits per heavy atom. The zero-order valence-corrected chi connectivity index (χ0v) is 11.9. The third kappa shape index (κ3) is 3.33. The molecule has 21 heavy (non-hydrogen) atoms. The molecule has 0 bridgehead atoms. The lowest BCUT2D eigenvalue weighted by Crippen LogP contribution is -2.52. The molecule has 2 rings (SSSR count). The van der Waals surface area contributed by atoms with Crippen molar-refractivity contribution in [1.82, 2.24) is 5.32 Å². The first kappa shape index (κ1) is 15.3. The van der Waals surface area contributed by atoms with Gasteiger partial charge in [-0.1, -0.05) is 12.1 Å². The zero-order valence-electron chi connectivity index (χ0n) is 11.9. The number of carboxylic acids is 1. The molecule has 1 saturated heterocycles. The summed E-state index contributed by atoms with van der Waals surface area (Å²) in [4.78, 5) is 23.5. The van der Waals surface area contributed by atoms with Gasteiger partial charge in [0.05, 0.1) is 6.61 Å². The van der Waals surface area contributed by atoms with Crippen LogP contribution in [0.2, 0.25) is 0 Å². The highest BCUT2D eigenvalue weighted by Gasteiger charge is 2.42. The normalized spacial score (nSPS) is 17.0. The number of piperidine rings is 1. The standard InChI is InChI=1S/C15H19NO5/c1-2-20-13(17)11-5-3-4-6-12(11)21-15(14(18)19)7-9-16-10-8-15/h3-6,16H,2,7-10H2,1H3,(H,18,19). The van der Waals surface area contributed by atoms with Crippen LogP contribution >= 0.6 is 0 Å². The first-order valence-electron chi connectivity index (χ1n) is 6.98. The Balaban J connectivity index is 2.29. The monoisotopic (exact) mass is 293 g/mol. The first-order chi connectivity index (χ1) is 10.1. The SMILES string of the molecule is CCOC(=O)c1ccccc1OC1(C(=O)O)CCNCC1. The Labute approximate surface area is 123 Å². The van der Waals surface area contributed by atoms with E-state index in [-0.39, 0.29) is 17.9 Å². The molecule has 1 aliphatic rings. The van der Waals surface area contributed by atoms with Crippen molar-refractivity contribution >= 4 is 11.9 Å². The number of para-hydroxylation sites is 1. The first-order valence-corrected chi connectivity index (χ1v) is 6.98. The number of nitrogens with one attached hydrogen (secondary N) is 1. The number of benzene rings is 1. The number of ether oxygens (including phenoxy) is 2. The number of carbonyl (C=O) groups excluding carboxylic acids is 1. The second-order valence-corrected chi connectivity index (χ2v) is 4.87. The Morgan fingerprint density at radius 3 is 2.57 bits per heavy atom. The zero-order chi connectivity index (χ0) is 15.3. The van der Waals surface area contributed by atoms with Crippen LogP contribution in [0.5, 0.6) is 5.75 Å². The van der Waals surface area contributed by atoms with Crippen LogP contribution in [0.1, 0.15) is 30.1 Å². The van der Waals surface area contributed by atoms with E-state index in [1.807, 2.05) is 0 Å². The maximum Gasteiger partial charge on any atom is 0.348 e. The van der Waals surface area contributed by atoms with Gasteiger partial charge in [-0.25, -0.2) is 9.59 Å². The quantitative estimate of drug-likeness (QED) is 0.799. The highest BCUT2D eigenvalue weighted by molar-refractivity contribution is 5.92. The molecule has 0 aromatic heterocycles. The van der Waals surface area contributed by atoms with Gasteiger partial charge >= 0.3 is 11.9 Å². The molecule has 6 heteroatoms. The van der Waals surface area contributed by atoms with Gasteiger partial charge in [-0.15, -0.1) is 0 Å². The minimum atomic E-state index is -1.30. The fourth-order valence-electron chi connectivity index (χ4n) is 2.33. The van der Waals surface area contributed by atoms with Crippen LogP contribution in [-0.4, -0.2) is 42.3 Å². The number of esters is 1. The molecule has 1 aromatic rings. The number of carboxylic acid groups (broad SMARTS) is 1. The molecule has 0 atom stereocenters. The van der Waals surface area contributed by atoms with Crippen LogP contribution in [0, 0.1) is 0 Å². The van der Waals surface area contributed by atoms with Gasteiger partial charge < -0.3 is 19.9 Å². The van der Waals surface area contributed by atoms with Gasteiger partial charge in [-0.05, 0) is 32.1 Å². The molecule has 2 N–H and O–H groups in total. The van der Waals surface area contributed by atoms with Gasteiger partial charge in [0.2, 0.25) is 5.60 Å². The summed E-state index contributed by atoms with van der Waals surface area (Å²) in [7, 11) is 0. The minimum absolute atomic E-state index is 0.249. The maximum atomic E-state index is 11.9. The number of hydrogen-bond acceptors (Lipinski definition) is 5. The van der Waals surface area contributed by atoms with E-state index in [0.717, 1.165) is 0 Å². The van der Waals surface area contributed by atoms with E-state index in [0.29, 0.717) is 25.9 Å². The summed E-state index contributed by atoms with van der Waals surface area (Å²) in [5, 5.41) is 12.6. The molecule has 0 aliphatic carbocycles. The van der Waals surface area contributed by atoms with Gasteiger partial charge in [0.25, 0.3) is 0 Å². The molecule has 1 aliphatic heterocycles. The van der Waals surface area contributed by atoms with E-state index in [1.54, 1.807) is 31.2 Å². The van der Waals surface area contributed by atoms with Crippen molar-refractivity contribution in [2.75, 3.05) is 19.7 Å². The third-order valence-electron chi connectivity index (χ3n) is 3.49. The largest absolute Gasteiger partial charge is 0.478 e. The van der Waals surface area contributed by atoms with Gasteiger partial charge in [-0.3, -0.25) is 0 Å². The van der Waals surface area contributed by atoms with Gasteiger partial charge in [0, 0.05) is 12.8 Å². The lowest BCUT2D eigenvalue weighted by molar-refractivity contribution is -0.157. The van der Waals surface area contributed by atoms with Crippen LogP contribution < -0.4 is 10.1 Å². The van der Waals surface area contributed by atoms with Crippen molar-refractivity contribution in [3.8, 4) is 5.75 Å². The van der Waals surface area contributed by atoms with Crippen molar-refractivity contribution in [2.45, 2.75) is 25.4 Å². The Bertz CT molecular complexity index is 523. The second-order valence-electron chi connectivity index (χ2n) is 4.87. The molecule has 114 valence electrons. The molecule has 0 unspecified atom stereocenters. The van der Waals surface area contributed by atoms with Crippen molar-refractivity contribution in [2.24, 2.45) is 0 Å². The van der Waals surface area contributed by atoms with E-state index >= 15 is 0 Å². The highest BCUT2D eigenvalue weighted by atomic mass is 16.5. The van der Waals surface area contributed by atoms with E-state index in [9.17, 15) is 14.7 Å². The predicted molar refractivity (Wildman–Crippen MR) is 75.5 cm³/mol. The number of carbonyl (C=O) groups is 2. The number of hydrogen-bond donors (Lipinski definition) is 2.